The second kappa shape index (κ2) is 5.54. The van der Waals surface area contributed by atoms with Crippen LogP contribution in [0.1, 0.15) is 32.1 Å². The molecule has 1 rings (SSSR count). The first-order valence-corrected chi connectivity index (χ1v) is 4.36. The Morgan fingerprint density at radius 3 is 3.00 bits per heavy atom. The smallest absolute Gasteiger partial charge is 0.227 e. The number of rotatable bonds is 0. The van der Waals surface area contributed by atoms with Gasteiger partial charge in [0, 0.05) is 0 Å². The van der Waals surface area contributed by atoms with E-state index in [2.05, 4.69) is 17.3 Å². The normalized spacial score (nSPS) is 24.8. The van der Waals surface area contributed by atoms with E-state index in [4.69, 9.17) is 0 Å². The highest BCUT2D eigenvalue weighted by molar-refractivity contribution is 6.38. The van der Waals surface area contributed by atoms with Crippen LogP contribution in [0.25, 0.3) is 0 Å². The largest absolute Gasteiger partial charge is 0.355 e. The molecule has 1 nitrogen and oxygen atoms in total. The molecule has 56 valence electrons. The van der Waals surface area contributed by atoms with E-state index in [1.165, 1.54) is 38.6 Å². The van der Waals surface area contributed by atoms with Crippen LogP contribution >= 0.6 is 0 Å². The molecule has 0 aromatic heterocycles. The van der Waals surface area contributed by atoms with Gasteiger partial charge in [0.25, 0.3) is 0 Å². The maximum absolute atomic E-state index is 3.37. The van der Waals surface area contributed by atoms with E-state index in [9.17, 15) is 0 Å². The zero-order chi connectivity index (χ0) is 7.07. The Labute approximate surface area is 64.2 Å². The van der Waals surface area contributed by atoms with E-state index >= 15 is 0 Å². The van der Waals surface area contributed by atoms with Gasteiger partial charge in [0.05, 0.1) is 0 Å². The molecule has 0 atom stereocenters. The van der Waals surface area contributed by atoms with Crippen LogP contribution in [-0.2, 0) is 0 Å². The van der Waals surface area contributed by atoms with Crippen LogP contribution in [0.2, 0.25) is 0 Å². The van der Waals surface area contributed by atoms with Crippen LogP contribution in [0, 0.1) is 0 Å². The lowest BCUT2D eigenvalue weighted by atomic mass is 9.92. The molecule has 0 spiro atoms. The van der Waals surface area contributed by atoms with Crippen molar-refractivity contribution in [3.63, 3.8) is 0 Å². The van der Waals surface area contributed by atoms with Crippen molar-refractivity contribution in [2.24, 2.45) is 0 Å². The molecule has 10 heavy (non-hydrogen) atoms. The maximum Gasteiger partial charge on any atom is 0.227 e. The number of allylic oxidation sites excluding steroid dienone is 1. The fourth-order valence-electron chi connectivity index (χ4n) is 1.25. The minimum atomic E-state index is 1.07. The van der Waals surface area contributed by atoms with Crippen molar-refractivity contribution in [2.45, 2.75) is 32.1 Å². The Hall–Kier alpha value is -0.235. The van der Waals surface area contributed by atoms with E-state index in [0.717, 1.165) is 7.41 Å². The average molecular weight is 137 g/mol. The first-order chi connectivity index (χ1) is 5.00. The third-order valence-corrected chi connectivity index (χ3v) is 1.90. The number of hydrogen-bond acceptors (Lipinski definition) is 1. The summed E-state index contributed by atoms with van der Waals surface area (Å²) in [6.45, 7) is 1.20. The second-order valence-electron chi connectivity index (χ2n) is 2.88. The molecule has 0 aromatic rings. The molecule has 2 heteroatoms. The van der Waals surface area contributed by atoms with Gasteiger partial charge in [-0.3, -0.25) is 0 Å². The van der Waals surface area contributed by atoms with Crippen LogP contribution < -0.4 is 5.23 Å². The predicted octanol–water partition coefficient (Wildman–Crippen LogP) is 1.41. The summed E-state index contributed by atoms with van der Waals surface area (Å²) in [5.74, 6) is 2.24. The van der Waals surface area contributed by atoms with Gasteiger partial charge >= 0.3 is 0 Å². The van der Waals surface area contributed by atoms with Gasteiger partial charge in [-0.15, -0.1) is 5.98 Å². The summed E-state index contributed by atoms with van der Waals surface area (Å²) in [5.41, 5.74) is 0. The van der Waals surface area contributed by atoms with Crippen molar-refractivity contribution in [2.75, 3.05) is 6.54 Å². The highest BCUT2D eigenvalue weighted by atomic mass is 14.7. The van der Waals surface area contributed by atoms with E-state index in [-0.39, 0.29) is 0 Å². The molecule has 1 heterocycles. The molecule has 0 amide bonds. The van der Waals surface area contributed by atoms with Crippen LogP contribution in [0.15, 0.2) is 12.1 Å². The van der Waals surface area contributed by atoms with Crippen LogP contribution in [0.5, 0.6) is 0 Å². The Bertz CT molecular complexity index is 89.4. The molecule has 0 radical (unpaired) electrons. The van der Waals surface area contributed by atoms with Gasteiger partial charge in [0.15, 0.2) is 0 Å². The Balaban J connectivity index is 2.13. The highest BCUT2D eigenvalue weighted by Gasteiger charge is 1.91. The van der Waals surface area contributed by atoms with E-state index in [1.807, 2.05) is 0 Å². The topological polar surface area (TPSA) is 12.0 Å². The van der Waals surface area contributed by atoms with Gasteiger partial charge < -0.3 is 5.23 Å². The highest BCUT2D eigenvalue weighted by Crippen LogP contribution is 2.03. The zero-order valence-corrected chi connectivity index (χ0v) is 6.60. The van der Waals surface area contributed by atoms with Gasteiger partial charge in [0.1, 0.15) is 0 Å². The van der Waals surface area contributed by atoms with Gasteiger partial charge in [-0.25, -0.2) is 0 Å². The monoisotopic (exact) mass is 137 g/mol. The van der Waals surface area contributed by atoms with Crippen LogP contribution in [0.4, 0.5) is 0 Å². The molecular weight excluding hydrogens is 121 g/mol. The summed E-state index contributed by atoms with van der Waals surface area (Å²) < 4.78 is 0. The Morgan fingerprint density at radius 2 is 2.00 bits per heavy atom. The summed E-state index contributed by atoms with van der Waals surface area (Å²) >= 11 is 0. The van der Waals surface area contributed by atoms with Crippen molar-refractivity contribution in [3.8, 4) is 0 Å². The lowest BCUT2D eigenvalue weighted by Gasteiger charge is -2.02. The van der Waals surface area contributed by atoms with Crippen LogP contribution in [0.3, 0.4) is 0 Å². The maximum atomic E-state index is 3.37. The zero-order valence-electron chi connectivity index (χ0n) is 6.60. The van der Waals surface area contributed by atoms with Crippen molar-refractivity contribution in [3.05, 3.63) is 12.1 Å². The molecule has 1 N–H and O–H groups in total. The van der Waals surface area contributed by atoms with Gasteiger partial charge in [-0.2, -0.15) is 0 Å². The molecular formula is C8H16BN. The van der Waals surface area contributed by atoms with E-state index in [0.29, 0.717) is 0 Å². The van der Waals surface area contributed by atoms with Gasteiger partial charge in [-0.1, -0.05) is 18.9 Å². The lowest BCUT2D eigenvalue weighted by molar-refractivity contribution is 0.638. The number of nitrogens with one attached hydrogen (secondary N) is 1. The molecule has 0 unspecified atom stereocenters. The van der Waals surface area contributed by atoms with E-state index in [1.54, 1.807) is 0 Å². The molecule has 1 aliphatic heterocycles. The molecule has 0 saturated carbocycles. The minimum absolute atomic E-state index is 1.07. The third-order valence-electron chi connectivity index (χ3n) is 1.90. The fourth-order valence-corrected chi connectivity index (χ4v) is 1.25. The molecule has 0 bridgehead atoms. The summed E-state index contributed by atoms with van der Waals surface area (Å²) in [6, 6.07) is 0. The molecule has 0 saturated heterocycles. The van der Waals surface area contributed by atoms with Crippen LogP contribution in [-0.4, -0.2) is 14.0 Å². The Kier molecular flexibility index (Phi) is 4.36. The Morgan fingerprint density at radius 1 is 1.10 bits per heavy atom. The quantitative estimate of drug-likeness (QED) is 0.497. The first-order valence-electron chi connectivity index (χ1n) is 4.36. The van der Waals surface area contributed by atoms with Crippen molar-refractivity contribution in [1.82, 2.24) is 5.23 Å². The SMILES string of the molecule is B1/C=C\CCCCCCN1. The minimum Gasteiger partial charge on any atom is -0.355 e. The molecule has 0 fully saturated rings. The molecule has 0 aliphatic carbocycles. The summed E-state index contributed by atoms with van der Waals surface area (Å²) in [7, 11) is 1.07. The second-order valence-corrected chi connectivity index (χ2v) is 2.88. The average Bonchev–Trinajstić information content (AvgIpc) is 2.01. The van der Waals surface area contributed by atoms with Gasteiger partial charge in [0.2, 0.25) is 7.41 Å². The summed E-state index contributed by atoms with van der Waals surface area (Å²) in [6.07, 6.45) is 9.12. The molecule has 1 aliphatic rings. The predicted molar refractivity (Wildman–Crippen MR) is 47.4 cm³/mol. The molecule has 0 aromatic carbocycles. The summed E-state index contributed by atoms with van der Waals surface area (Å²) in [5, 5.41) is 3.37. The lowest BCUT2D eigenvalue weighted by Crippen LogP contribution is -2.18. The van der Waals surface area contributed by atoms with Crippen molar-refractivity contribution < 1.29 is 0 Å². The fraction of sp³-hybridized carbons (Fsp3) is 0.750. The summed E-state index contributed by atoms with van der Waals surface area (Å²) in [4.78, 5) is 0. The standard InChI is InChI=1S/C8H16BN/c1-2-4-6-8-10-9-7-5-3-1/h5,7,9-10H,1-4,6,8H2/b7-5-. The first kappa shape index (κ1) is 7.87. The van der Waals surface area contributed by atoms with Crippen molar-refractivity contribution in [1.29, 1.82) is 0 Å². The van der Waals surface area contributed by atoms with E-state index < -0.39 is 0 Å². The van der Waals surface area contributed by atoms with Crippen molar-refractivity contribution >= 4 is 7.41 Å². The van der Waals surface area contributed by atoms with Gasteiger partial charge in [-0.05, 0) is 25.8 Å². The number of hydrogen-bond donors (Lipinski definition) is 1. The third kappa shape index (κ3) is 3.73.